The van der Waals surface area contributed by atoms with Crippen molar-refractivity contribution in [2.24, 2.45) is 0 Å². The van der Waals surface area contributed by atoms with Gasteiger partial charge in [-0.25, -0.2) is 0 Å². The lowest BCUT2D eigenvalue weighted by Gasteiger charge is -2.20. The molecule has 0 amide bonds. The number of hydrogen-bond acceptors (Lipinski definition) is 3. The van der Waals surface area contributed by atoms with Crippen LogP contribution in [-0.2, 0) is 14.3 Å². The normalized spacial score (nSPS) is 12.8. The van der Waals surface area contributed by atoms with Crippen molar-refractivity contribution in [2.75, 3.05) is 0 Å². The van der Waals surface area contributed by atoms with Crippen LogP contribution in [0.25, 0.3) is 0 Å². The number of benzene rings is 1. The molecule has 100 valence electrons. The van der Waals surface area contributed by atoms with Crippen LogP contribution >= 0.6 is 0 Å². The summed E-state index contributed by atoms with van der Waals surface area (Å²) in [6, 6.07) is 9.77. The lowest BCUT2D eigenvalue weighted by Crippen LogP contribution is -2.18. The highest BCUT2D eigenvalue weighted by Gasteiger charge is 2.19. The number of rotatable bonds is 6. The van der Waals surface area contributed by atoms with Crippen molar-refractivity contribution in [2.45, 2.75) is 52.4 Å². The molecule has 0 N–H and O–H groups in total. The third-order valence-electron chi connectivity index (χ3n) is 2.33. The summed E-state index contributed by atoms with van der Waals surface area (Å²) in [4.78, 5) is 11.7. The van der Waals surface area contributed by atoms with E-state index in [4.69, 9.17) is 9.47 Å². The van der Waals surface area contributed by atoms with Crippen molar-refractivity contribution in [3.8, 4) is 0 Å². The van der Waals surface area contributed by atoms with Gasteiger partial charge >= 0.3 is 5.97 Å². The van der Waals surface area contributed by atoms with Crippen LogP contribution in [0.5, 0.6) is 0 Å². The zero-order valence-corrected chi connectivity index (χ0v) is 11.6. The fourth-order valence-corrected chi connectivity index (χ4v) is 1.70. The smallest absolute Gasteiger partial charge is 0.309 e. The van der Waals surface area contributed by atoms with E-state index in [2.05, 4.69) is 0 Å². The first kappa shape index (κ1) is 14.7. The van der Waals surface area contributed by atoms with Crippen molar-refractivity contribution < 1.29 is 14.3 Å². The molecule has 0 aliphatic carbocycles. The molecule has 0 saturated carbocycles. The second-order valence-electron chi connectivity index (χ2n) is 4.83. The van der Waals surface area contributed by atoms with Crippen LogP contribution in [0.4, 0.5) is 0 Å². The molecule has 18 heavy (non-hydrogen) atoms. The maximum atomic E-state index is 11.7. The minimum atomic E-state index is -0.238. The molecule has 0 spiro atoms. The van der Waals surface area contributed by atoms with Crippen LogP contribution < -0.4 is 0 Å². The van der Waals surface area contributed by atoms with Gasteiger partial charge in [-0.3, -0.25) is 4.79 Å². The van der Waals surface area contributed by atoms with E-state index < -0.39 is 0 Å². The molecule has 1 aromatic carbocycles. The number of carbonyl (C=O) groups excluding carboxylic acids is 1. The van der Waals surface area contributed by atoms with Gasteiger partial charge in [0.05, 0.1) is 24.7 Å². The lowest BCUT2D eigenvalue weighted by molar-refractivity contribution is -0.151. The van der Waals surface area contributed by atoms with Crippen LogP contribution in [0.2, 0.25) is 0 Å². The van der Waals surface area contributed by atoms with Crippen molar-refractivity contribution in [1.82, 2.24) is 0 Å². The first-order chi connectivity index (χ1) is 8.49. The van der Waals surface area contributed by atoms with Crippen LogP contribution in [-0.4, -0.2) is 18.2 Å². The highest BCUT2D eigenvalue weighted by Crippen LogP contribution is 2.23. The molecule has 1 aromatic rings. The molecule has 1 rings (SSSR count). The molecular weight excluding hydrogens is 228 g/mol. The average Bonchev–Trinajstić information content (AvgIpc) is 2.27. The molecular formula is C15H22O3. The highest BCUT2D eigenvalue weighted by atomic mass is 16.5. The number of ether oxygens (including phenoxy) is 2. The maximum Gasteiger partial charge on any atom is 0.309 e. The van der Waals surface area contributed by atoms with Gasteiger partial charge in [0.25, 0.3) is 0 Å². The Morgan fingerprint density at radius 3 is 2.17 bits per heavy atom. The Labute approximate surface area is 109 Å². The van der Waals surface area contributed by atoms with E-state index in [0.717, 1.165) is 5.56 Å². The summed E-state index contributed by atoms with van der Waals surface area (Å²) in [6.07, 6.45) is -0.00659. The zero-order chi connectivity index (χ0) is 13.5. The van der Waals surface area contributed by atoms with E-state index in [0.29, 0.717) is 0 Å². The van der Waals surface area contributed by atoms with Gasteiger partial charge in [-0.05, 0) is 33.3 Å². The molecule has 1 atom stereocenters. The summed E-state index contributed by atoms with van der Waals surface area (Å²) in [7, 11) is 0. The van der Waals surface area contributed by atoms with E-state index in [1.165, 1.54) is 0 Å². The summed E-state index contributed by atoms with van der Waals surface area (Å²) in [5.74, 6) is -0.223. The van der Waals surface area contributed by atoms with E-state index in [9.17, 15) is 4.79 Å². The number of carbonyl (C=O) groups is 1. The third-order valence-corrected chi connectivity index (χ3v) is 2.33. The maximum absolute atomic E-state index is 11.7. The van der Waals surface area contributed by atoms with E-state index >= 15 is 0 Å². The molecule has 0 bridgehead atoms. The predicted molar refractivity (Wildman–Crippen MR) is 71.2 cm³/mol. The van der Waals surface area contributed by atoms with E-state index in [-0.39, 0.29) is 30.7 Å². The zero-order valence-electron chi connectivity index (χ0n) is 11.6. The van der Waals surface area contributed by atoms with Crippen molar-refractivity contribution in [3.63, 3.8) is 0 Å². The van der Waals surface area contributed by atoms with Gasteiger partial charge in [-0.2, -0.15) is 0 Å². The minimum absolute atomic E-state index is 0.0713. The van der Waals surface area contributed by atoms with Gasteiger partial charge < -0.3 is 9.47 Å². The number of esters is 1. The molecule has 0 heterocycles. The molecule has 0 aliphatic rings. The van der Waals surface area contributed by atoms with Gasteiger partial charge in [-0.15, -0.1) is 0 Å². The van der Waals surface area contributed by atoms with Crippen LogP contribution in [0.1, 0.15) is 45.8 Å². The Kier molecular flexibility index (Phi) is 5.86. The van der Waals surface area contributed by atoms with E-state index in [1.54, 1.807) is 0 Å². The Bertz CT molecular complexity index is 357. The predicted octanol–water partition coefficient (Wildman–Crippen LogP) is 3.49. The summed E-state index contributed by atoms with van der Waals surface area (Å²) >= 11 is 0. The quantitative estimate of drug-likeness (QED) is 0.725. The van der Waals surface area contributed by atoms with Gasteiger partial charge in [-0.1, -0.05) is 30.3 Å². The van der Waals surface area contributed by atoms with E-state index in [1.807, 2.05) is 58.0 Å². The van der Waals surface area contributed by atoms with Crippen molar-refractivity contribution in [3.05, 3.63) is 35.9 Å². The number of hydrogen-bond donors (Lipinski definition) is 0. The molecule has 3 heteroatoms. The molecule has 1 unspecified atom stereocenters. The Hall–Kier alpha value is -1.35. The average molecular weight is 250 g/mol. The SMILES string of the molecule is CC(C)OC(=O)CC(OC(C)C)c1ccccc1. The Morgan fingerprint density at radius 1 is 1.06 bits per heavy atom. The summed E-state index contributed by atoms with van der Waals surface area (Å²) in [5.41, 5.74) is 1.01. The van der Waals surface area contributed by atoms with Crippen molar-refractivity contribution >= 4 is 5.97 Å². The van der Waals surface area contributed by atoms with Gasteiger partial charge in [0.1, 0.15) is 0 Å². The standard InChI is InChI=1S/C15H22O3/c1-11(2)17-14(10-15(16)18-12(3)4)13-8-6-5-7-9-13/h5-9,11-12,14H,10H2,1-4H3. The minimum Gasteiger partial charge on any atom is -0.463 e. The second kappa shape index (κ2) is 7.17. The summed E-state index contributed by atoms with van der Waals surface area (Å²) < 4.78 is 11.0. The highest BCUT2D eigenvalue weighted by molar-refractivity contribution is 5.70. The van der Waals surface area contributed by atoms with Crippen LogP contribution in [0.3, 0.4) is 0 Å². The molecule has 0 radical (unpaired) electrons. The largest absolute Gasteiger partial charge is 0.463 e. The monoisotopic (exact) mass is 250 g/mol. The molecule has 0 saturated heterocycles. The summed E-state index contributed by atoms with van der Waals surface area (Å²) in [6.45, 7) is 7.62. The van der Waals surface area contributed by atoms with Gasteiger partial charge in [0.2, 0.25) is 0 Å². The first-order valence-corrected chi connectivity index (χ1v) is 6.39. The van der Waals surface area contributed by atoms with Crippen LogP contribution in [0, 0.1) is 0 Å². The van der Waals surface area contributed by atoms with Gasteiger partial charge in [0, 0.05) is 0 Å². The topological polar surface area (TPSA) is 35.5 Å². The molecule has 0 aliphatic heterocycles. The lowest BCUT2D eigenvalue weighted by atomic mass is 10.1. The Balaban J connectivity index is 2.70. The molecule has 0 aromatic heterocycles. The molecule has 0 fully saturated rings. The second-order valence-corrected chi connectivity index (χ2v) is 4.83. The third kappa shape index (κ3) is 5.32. The van der Waals surface area contributed by atoms with Crippen LogP contribution in [0.15, 0.2) is 30.3 Å². The fourth-order valence-electron chi connectivity index (χ4n) is 1.70. The molecule has 3 nitrogen and oxygen atoms in total. The fraction of sp³-hybridized carbons (Fsp3) is 0.533. The first-order valence-electron chi connectivity index (χ1n) is 6.39. The Morgan fingerprint density at radius 2 is 1.67 bits per heavy atom. The summed E-state index contributed by atoms with van der Waals surface area (Å²) in [5, 5.41) is 0. The van der Waals surface area contributed by atoms with Gasteiger partial charge in [0.15, 0.2) is 0 Å². The van der Waals surface area contributed by atoms with Crippen molar-refractivity contribution in [1.29, 1.82) is 0 Å².